The van der Waals surface area contributed by atoms with Crippen molar-refractivity contribution in [1.82, 2.24) is 0 Å². The van der Waals surface area contributed by atoms with Gasteiger partial charge >= 0.3 is 0 Å². The molecule has 0 N–H and O–H groups in total. The van der Waals surface area contributed by atoms with Gasteiger partial charge in [-0.2, -0.15) is 0 Å². The number of hydrogen-bond acceptors (Lipinski definition) is 3. The topological polar surface area (TPSA) is 43.1 Å². The van der Waals surface area contributed by atoms with Crippen LogP contribution in [0.3, 0.4) is 0 Å². The van der Waals surface area contributed by atoms with E-state index in [1.165, 1.54) is 17.3 Å². The Hall–Kier alpha value is -1.03. The smallest absolute Gasteiger partial charge is 0.262 e. The van der Waals surface area contributed by atoms with Gasteiger partial charge in [0.05, 0.1) is 0 Å². The summed E-state index contributed by atoms with van der Waals surface area (Å²) in [5.74, 6) is 0. The highest BCUT2D eigenvalue weighted by Gasteiger charge is 2.18. The predicted octanol–water partition coefficient (Wildman–Crippen LogP) is 3.10. The number of aryl methyl sites for hydroxylation is 1. The highest BCUT2D eigenvalue weighted by molar-refractivity contribution is 7.99. The average Bonchev–Trinajstić information content (AvgIpc) is 2.16. The third-order valence-corrected chi connectivity index (χ3v) is 3.20. The molecule has 4 heteroatoms. The summed E-state index contributed by atoms with van der Waals surface area (Å²) in [5, 5.41) is 10.1. The van der Waals surface area contributed by atoms with E-state index in [-0.39, 0.29) is 4.92 Å². The van der Waals surface area contributed by atoms with Gasteiger partial charge in [0.15, 0.2) is 0 Å². The molecule has 0 fully saturated rings. The molecule has 0 heterocycles. The van der Waals surface area contributed by atoms with Crippen LogP contribution in [-0.2, 0) is 0 Å². The molecule has 0 spiro atoms. The summed E-state index contributed by atoms with van der Waals surface area (Å²) in [4.78, 5) is 11.3. The van der Waals surface area contributed by atoms with Crippen molar-refractivity contribution in [1.29, 1.82) is 0 Å². The van der Waals surface area contributed by atoms with Gasteiger partial charge in [-0.05, 0) is 30.8 Å². The minimum Gasteiger partial charge on any atom is -0.263 e. The minimum absolute atomic E-state index is 0.232. The molecule has 76 valence electrons. The highest BCUT2D eigenvalue weighted by atomic mass is 32.2. The summed E-state index contributed by atoms with van der Waals surface area (Å²) in [5.41, 5.74) is 1.17. The van der Waals surface area contributed by atoms with E-state index in [9.17, 15) is 10.1 Å². The summed E-state index contributed by atoms with van der Waals surface area (Å²) in [6, 6.07) is 7.78. The fourth-order valence-electron chi connectivity index (χ4n) is 1.05. The summed E-state index contributed by atoms with van der Waals surface area (Å²) in [6.45, 7) is 3.83. The van der Waals surface area contributed by atoms with Crippen molar-refractivity contribution < 1.29 is 4.92 Å². The van der Waals surface area contributed by atoms with Crippen molar-refractivity contribution in [2.75, 3.05) is 0 Å². The van der Waals surface area contributed by atoms with E-state index in [0.29, 0.717) is 6.42 Å². The van der Waals surface area contributed by atoms with Crippen molar-refractivity contribution in [2.24, 2.45) is 0 Å². The Morgan fingerprint density at radius 3 is 2.43 bits per heavy atom. The molecule has 1 atom stereocenters. The van der Waals surface area contributed by atoms with Crippen molar-refractivity contribution in [3.05, 3.63) is 39.9 Å². The zero-order valence-electron chi connectivity index (χ0n) is 8.27. The lowest BCUT2D eigenvalue weighted by Gasteiger charge is -2.06. The molecule has 0 aromatic heterocycles. The van der Waals surface area contributed by atoms with Gasteiger partial charge in [-0.3, -0.25) is 10.1 Å². The lowest BCUT2D eigenvalue weighted by Crippen LogP contribution is -2.13. The second kappa shape index (κ2) is 5.00. The fourth-order valence-corrected chi connectivity index (χ4v) is 1.91. The zero-order chi connectivity index (χ0) is 10.6. The molecule has 0 saturated carbocycles. The lowest BCUT2D eigenvalue weighted by atomic mass is 10.2. The Morgan fingerprint density at radius 2 is 2.00 bits per heavy atom. The number of rotatable bonds is 4. The maximum atomic E-state index is 10.6. The Kier molecular flexibility index (Phi) is 3.95. The van der Waals surface area contributed by atoms with Crippen molar-refractivity contribution >= 4 is 11.8 Å². The first-order valence-electron chi connectivity index (χ1n) is 4.50. The van der Waals surface area contributed by atoms with Crippen molar-refractivity contribution in [3.63, 3.8) is 0 Å². The Morgan fingerprint density at radius 1 is 1.43 bits per heavy atom. The van der Waals surface area contributed by atoms with E-state index in [1.54, 1.807) is 0 Å². The van der Waals surface area contributed by atoms with Crippen LogP contribution in [0.5, 0.6) is 0 Å². The van der Waals surface area contributed by atoms with Crippen LogP contribution in [0.1, 0.15) is 18.9 Å². The van der Waals surface area contributed by atoms with Crippen LogP contribution in [0.4, 0.5) is 0 Å². The van der Waals surface area contributed by atoms with Crippen LogP contribution in [0, 0.1) is 17.0 Å². The third kappa shape index (κ3) is 3.03. The van der Waals surface area contributed by atoms with E-state index >= 15 is 0 Å². The molecular formula is C10H13NO2S. The van der Waals surface area contributed by atoms with Crippen molar-refractivity contribution in [3.8, 4) is 0 Å². The molecule has 1 rings (SSSR count). The second-order valence-corrected chi connectivity index (χ2v) is 4.33. The van der Waals surface area contributed by atoms with Crippen LogP contribution >= 0.6 is 11.8 Å². The summed E-state index contributed by atoms with van der Waals surface area (Å²) >= 11 is 1.31. The van der Waals surface area contributed by atoms with E-state index in [4.69, 9.17) is 0 Å². The summed E-state index contributed by atoms with van der Waals surface area (Å²) < 4.78 is 0. The molecule has 0 radical (unpaired) electrons. The van der Waals surface area contributed by atoms with E-state index in [0.717, 1.165) is 4.90 Å². The first kappa shape index (κ1) is 11.0. The van der Waals surface area contributed by atoms with Gasteiger partial charge in [-0.15, -0.1) is 0 Å². The minimum atomic E-state index is -0.530. The van der Waals surface area contributed by atoms with Gasteiger partial charge in [-0.25, -0.2) is 0 Å². The van der Waals surface area contributed by atoms with Crippen LogP contribution in [0.15, 0.2) is 29.2 Å². The Balaban J connectivity index is 2.67. The standard InChI is InChI=1S/C10H13NO2S/c1-3-10(11(12)13)14-9-6-4-8(2)5-7-9/h4-7,10H,3H2,1-2H3. The van der Waals surface area contributed by atoms with Gasteiger partial charge in [0, 0.05) is 16.2 Å². The molecule has 3 nitrogen and oxygen atoms in total. The first-order valence-corrected chi connectivity index (χ1v) is 5.38. The van der Waals surface area contributed by atoms with Crippen molar-refractivity contribution in [2.45, 2.75) is 30.5 Å². The zero-order valence-corrected chi connectivity index (χ0v) is 9.08. The molecule has 0 bridgehead atoms. The molecule has 0 aliphatic carbocycles. The van der Waals surface area contributed by atoms with Gasteiger partial charge in [-0.1, -0.05) is 24.6 Å². The van der Waals surface area contributed by atoms with Crippen LogP contribution in [0.2, 0.25) is 0 Å². The molecule has 0 aliphatic rings. The highest BCUT2D eigenvalue weighted by Crippen LogP contribution is 2.25. The number of hydrogen-bond donors (Lipinski definition) is 0. The maximum absolute atomic E-state index is 10.6. The molecule has 0 amide bonds. The Bertz CT molecular complexity index is 310. The lowest BCUT2D eigenvalue weighted by molar-refractivity contribution is -0.495. The Labute approximate surface area is 87.7 Å². The van der Waals surface area contributed by atoms with Gasteiger partial charge in [0.25, 0.3) is 5.37 Å². The average molecular weight is 211 g/mol. The fraction of sp³-hybridized carbons (Fsp3) is 0.400. The monoisotopic (exact) mass is 211 g/mol. The molecule has 0 saturated heterocycles. The first-order chi connectivity index (χ1) is 6.63. The molecule has 1 unspecified atom stereocenters. The normalized spacial score (nSPS) is 12.4. The van der Waals surface area contributed by atoms with E-state index < -0.39 is 5.37 Å². The third-order valence-electron chi connectivity index (χ3n) is 1.88. The van der Waals surface area contributed by atoms with Crippen LogP contribution in [-0.4, -0.2) is 10.3 Å². The maximum Gasteiger partial charge on any atom is 0.262 e. The van der Waals surface area contributed by atoms with Crippen LogP contribution < -0.4 is 0 Å². The predicted molar refractivity (Wildman–Crippen MR) is 58.1 cm³/mol. The largest absolute Gasteiger partial charge is 0.263 e. The molecule has 1 aromatic rings. The van der Waals surface area contributed by atoms with Crippen LogP contribution in [0.25, 0.3) is 0 Å². The summed E-state index contributed by atoms with van der Waals surface area (Å²) in [6.07, 6.45) is 0.547. The van der Waals surface area contributed by atoms with Gasteiger partial charge < -0.3 is 0 Å². The number of benzene rings is 1. The number of nitrogens with zero attached hydrogens (tertiary/aromatic N) is 1. The van der Waals surface area contributed by atoms with Gasteiger partial charge in [0.2, 0.25) is 0 Å². The molecular weight excluding hydrogens is 198 g/mol. The summed E-state index contributed by atoms with van der Waals surface area (Å²) in [7, 11) is 0. The SMILES string of the molecule is CCC(Sc1ccc(C)cc1)[N+](=O)[O-]. The number of thioether (sulfide) groups is 1. The van der Waals surface area contributed by atoms with E-state index in [1.807, 2.05) is 38.1 Å². The quantitative estimate of drug-likeness (QED) is 0.332. The van der Waals surface area contributed by atoms with Gasteiger partial charge in [0.1, 0.15) is 0 Å². The van der Waals surface area contributed by atoms with E-state index in [2.05, 4.69) is 0 Å². The second-order valence-electron chi connectivity index (χ2n) is 3.08. The number of nitro groups is 1. The molecule has 0 aliphatic heterocycles. The molecule has 14 heavy (non-hydrogen) atoms. The molecule has 1 aromatic carbocycles.